The average molecular weight is 164 g/mol. The Morgan fingerprint density at radius 2 is 1.45 bits per heavy atom. The van der Waals surface area contributed by atoms with Crippen LogP contribution >= 0.6 is 0 Å². The highest BCUT2D eigenvalue weighted by atomic mass is 16.5. The lowest BCUT2D eigenvalue weighted by Crippen LogP contribution is -1.74. The molecule has 11 heavy (non-hydrogen) atoms. The second-order valence-corrected chi connectivity index (χ2v) is 1.64. The van der Waals surface area contributed by atoms with E-state index in [1.807, 2.05) is 13.8 Å². The van der Waals surface area contributed by atoms with E-state index in [-0.39, 0.29) is 14.0 Å². The van der Waals surface area contributed by atoms with Crippen LogP contribution in [0.15, 0.2) is 0 Å². The molecule has 2 heteroatoms. The van der Waals surface area contributed by atoms with Crippen LogP contribution in [0, 0.1) is 0 Å². The van der Waals surface area contributed by atoms with Crippen molar-refractivity contribution in [3.63, 3.8) is 0 Å². The van der Waals surface area contributed by atoms with Gasteiger partial charge in [0, 0.05) is 19.8 Å². The van der Waals surface area contributed by atoms with Crippen LogP contribution in [0.25, 0.3) is 0 Å². The van der Waals surface area contributed by atoms with Gasteiger partial charge >= 0.3 is 0 Å². The van der Waals surface area contributed by atoms with E-state index in [1.165, 1.54) is 12.8 Å². The van der Waals surface area contributed by atoms with Gasteiger partial charge in [-0.2, -0.15) is 0 Å². The van der Waals surface area contributed by atoms with Crippen molar-refractivity contribution in [3.8, 4) is 0 Å². The summed E-state index contributed by atoms with van der Waals surface area (Å²) in [7, 11) is 0. The Morgan fingerprint density at radius 3 is 1.55 bits per heavy atom. The maximum absolute atomic E-state index is 7.57. The molecule has 0 amide bonds. The van der Waals surface area contributed by atoms with Crippen molar-refractivity contribution >= 4 is 0 Å². The lowest BCUT2D eigenvalue weighted by atomic mass is 10.4. The molecule has 1 aliphatic rings. The van der Waals surface area contributed by atoms with E-state index in [0.717, 1.165) is 13.2 Å². The molecule has 1 aliphatic heterocycles. The van der Waals surface area contributed by atoms with Crippen LogP contribution in [0.4, 0.5) is 0 Å². The minimum Gasteiger partial charge on any atom is -0.397 e. The Balaban J connectivity index is -0.0000000956. The average Bonchev–Trinajstić information content (AvgIpc) is 2.48. The van der Waals surface area contributed by atoms with E-state index < -0.39 is 0 Å². The number of hydrogen-bond acceptors (Lipinski definition) is 2. The largest absolute Gasteiger partial charge is 0.397 e. The molecule has 0 aromatic heterocycles. The van der Waals surface area contributed by atoms with Gasteiger partial charge in [-0.05, 0) is 19.8 Å². The maximum Gasteiger partial charge on any atom is 0.0466 e. The third kappa shape index (κ3) is 25.7. The van der Waals surface area contributed by atoms with Gasteiger partial charge in [-0.3, -0.25) is 0 Å². The molecule has 0 atom stereocenters. The molecule has 0 bridgehead atoms. The Bertz CT molecular complexity index is 26.9. The van der Waals surface area contributed by atoms with Gasteiger partial charge in [0.2, 0.25) is 0 Å². The van der Waals surface area contributed by atoms with Crippen LogP contribution in [0.5, 0.6) is 0 Å². The van der Waals surface area contributed by atoms with Gasteiger partial charge in [-0.1, -0.05) is 21.3 Å². The maximum atomic E-state index is 7.57. The summed E-state index contributed by atoms with van der Waals surface area (Å²) in [6.07, 6.45) is 2.56. The van der Waals surface area contributed by atoms with Crippen molar-refractivity contribution in [1.29, 1.82) is 0 Å². The highest BCUT2D eigenvalue weighted by Gasteiger charge is 1.94. The minimum absolute atomic E-state index is 0. The summed E-state index contributed by atoms with van der Waals surface area (Å²) in [5.41, 5.74) is 0. The molecular weight excluding hydrogens is 140 g/mol. The first kappa shape index (κ1) is 17.1. The highest BCUT2D eigenvalue weighted by molar-refractivity contribution is 4.43. The summed E-state index contributed by atoms with van der Waals surface area (Å²) in [5, 5.41) is 7.57. The molecule has 0 aromatic carbocycles. The second kappa shape index (κ2) is 22.5. The van der Waals surface area contributed by atoms with E-state index >= 15 is 0 Å². The number of hydrogen-bond donors (Lipinski definition) is 1. The second-order valence-electron chi connectivity index (χ2n) is 1.64. The molecule has 72 valence electrons. The van der Waals surface area contributed by atoms with Crippen LogP contribution < -0.4 is 0 Å². The molecule has 1 saturated heterocycles. The van der Waals surface area contributed by atoms with E-state index in [2.05, 4.69) is 0 Å². The van der Waals surface area contributed by atoms with Crippen molar-refractivity contribution < 1.29 is 9.84 Å². The molecule has 0 spiro atoms. The predicted molar refractivity (Wildman–Crippen MR) is 50.9 cm³/mol. The van der Waals surface area contributed by atoms with Crippen molar-refractivity contribution in [1.82, 2.24) is 0 Å². The Labute approximate surface area is 71.6 Å². The fraction of sp³-hybridized carbons (Fsp3) is 1.00. The smallest absolute Gasteiger partial charge is 0.0466 e. The van der Waals surface area contributed by atoms with Crippen LogP contribution in [0.3, 0.4) is 0 Å². The fourth-order valence-corrected chi connectivity index (χ4v) is 0.510. The Hall–Kier alpha value is -0.0800. The Morgan fingerprint density at radius 1 is 1.18 bits per heavy atom. The number of rotatable bonds is 0. The Kier molecular flexibility index (Phi) is 35.1. The molecule has 0 unspecified atom stereocenters. The van der Waals surface area contributed by atoms with Crippen LogP contribution in [0.2, 0.25) is 0 Å². The van der Waals surface area contributed by atoms with Gasteiger partial charge in [0.25, 0.3) is 0 Å². The summed E-state index contributed by atoms with van der Waals surface area (Å²) in [5.74, 6) is 0. The number of aliphatic hydroxyl groups excluding tert-OH is 1. The fourth-order valence-electron chi connectivity index (χ4n) is 0.510. The van der Waals surface area contributed by atoms with Crippen LogP contribution in [0.1, 0.15) is 41.0 Å². The number of ether oxygens (including phenoxy) is 1. The van der Waals surface area contributed by atoms with E-state index in [1.54, 1.807) is 6.92 Å². The summed E-state index contributed by atoms with van der Waals surface area (Å²) in [6.45, 7) is 7.93. The molecule has 0 aromatic rings. The van der Waals surface area contributed by atoms with E-state index in [4.69, 9.17) is 9.84 Å². The predicted octanol–water partition coefficient (Wildman–Crippen LogP) is 2.46. The molecule has 2 nitrogen and oxygen atoms in total. The summed E-state index contributed by atoms with van der Waals surface area (Å²) in [6, 6.07) is 0. The molecule has 0 saturated carbocycles. The summed E-state index contributed by atoms with van der Waals surface area (Å²) in [4.78, 5) is 0. The van der Waals surface area contributed by atoms with Gasteiger partial charge in [-0.25, -0.2) is 0 Å². The molecule has 0 aliphatic carbocycles. The lowest BCUT2D eigenvalue weighted by Gasteiger charge is -1.76. The zero-order valence-corrected chi connectivity index (χ0v) is 7.39. The first-order valence-electron chi connectivity index (χ1n) is 4.10. The normalized spacial score (nSPS) is 13.1. The first-order chi connectivity index (χ1) is 4.91. The van der Waals surface area contributed by atoms with Gasteiger partial charge in [0.05, 0.1) is 0 Å². The zero-order valence-electron chi connectivity index (χ0n) is 7.39. The van der Waals surface area contributed by atoms with E-state index in [0.29, 0.717) is 0 Å². The molecule has 1 heterocycles. The van der Waals surface area contributed by atoms with Gasteiger partial charge < -0.3 is 9.84 Å². The molecular formula is C9H24O2. The summed E-state index contributed by atoms with van der Waals surface area (Å²) >= 11 is 0. The van der Waals surface area contributed by atoms with Crippen molar-refractivity contribution in [2.24, 2.45) is 0 Å². The van der Waals surface area contributed by atoms with Crippen molar-refractivity contribution in [3.05, 3.63) is 0 Å². The molecule has 0 radical (unpaired) electrons. The quantitative estimate of drug-likeness (QED) is 0.596. The zero-order chi connectivity index (χ0) is 8.24. The lowest BCUT2D eigenvalue weighted by molar-refractivity contribution is 0.198. The molecule has 1 rings (SSSR count). The van der Waals surface area contributed by atoms with Gasteiger partial charge in [0.1, 0.15) is 0 Å². The van der Waals surface area contributed by atoms with Crippen molar-refractivity contribution in [2.75, 3.05) is 19.8 Å². The highest BCUT2D eigenvalue weighted by Crippen LogP contribution is 1.98. The topological polar surface area (TPSA) is 29.5 Å². The van der Waals surface area contributed by atoms with Crippen molar-refractivity contribution in [2.45, 2.75) is 41.0 Å². The SMILES string of the molecule is C.C1CCOC1.CC.CCO. The minimum atomic E-state index is 0. The van der Waals surface area contributed by atoms with Crippen LogP contribution in [-0.4, -0.2) is 24.9 Å². The third-order valence-electron chi connectivity index (χ3n) is 0.827. The third-order valence-corrected chi connectivity index (χ3v) is 0.827. The molecule has 1 fully saturated rings. The molecule has 1 N–H and O–H groups in total. The van der Waals surface area contributed by atoms with Crippen LogP contribution in [-0.2, 0) is 4.74 Å². The standard InChI is InChI=1S/C4H8O.C2H6O.C2H6.CH4/c1-2-4-5-3-1;1-2-3;1-2;/h1-4H2;3H,2H2,1H3;1-2H3;1H4. The van der Waals surface area contributed by atoms with Gasteiger partial charge in [-0.15, -0.1) is 0 Å². The van der Waals surface area contributed by atoms with Gasteiger partial charge in [0.15, 0.2) is 0 Å². The first-order valence-corrected chi connectivity index (χ1v) is 4.10. The number of aliphatic hydroxyl groups is 1. The monoisotopic (exact) mass is 164 g/mol. The van der Waals surface area contributed by atoms with E-state index in [9.17, 15) is 0 Å². The summed E-state index contributed by atoms with van der Waals surface area (Å²) < 4.78 is 4.94.